The zero-order valence-corrected chi connectivity index (χ0v) is 25.0. The van der Waals surface area contributed by atoms with Gasteiger partial charge in [-0.3, -0.25) is 13.9 Å². The molecule has 0 saturated carbocycles. The minimum Gasteiger partial charge on any atom is -0.497 e. The normalized spacial score (nSPS) is 11.9. The molecule has 3 rings (SSSR count). The number of amides is 2. The Morgan fingerprint density at radius 2 is 1.65 bits per heavy atom. The summed E-state index contributed by atoms with van der Waals surface area (Å²) in [4.78, 5) is 29.0. The maximum atomic E-state index is 14.0. The molecule has 0 unspecified atom stereocenters. The van der Waals surface area contributed by atoms with Crippen molar-refractivity contribution in [1.82, 2.24) is 10.2 Å². The third-order valence-electron chi connectivity index (χ3n) is 6.18. The van der Waals surface area contributed by atoms with Gasteiger partial charge < -0.3 is 15.0 Å². The lowest BCUT2D eigenvalue weighted by atomic mass is 10.0. The number of carbonyl (C=O) groups excluding carboxylic acids is 2. The van der Waals surface area contributed by atoms with Crippen LogP contribution in [0.4, 0.5) is 5.69 Å². The Kier molecular flexibility index (Phi) is 11.2. The first-order chi connectivity index (χ1) is 19.0. The molecule has 0 heterocycles. The predicted octanol–water partition coefficient (Wildman–Crippen LogP) is 4.93. The van der Waals surface area contributed by atoms with E-state index in [1.165, 1.54) is 23.1 Å². The van der Waals surface area contributed by atoms with Crippen LogP contribution in [0.25, 0.3) is 0 Å². The molecule has 2 amide bonds. The fourth-order valence-electron chi connectivity index (χ4n) is 4.14. The van der Waals surface area contributed by atoms with Gasteiger partial charge >= 0.3 is 0 Å². The maximum Gasteiger partial charge on any atom is 0.244 e. The number of ether oxygens (including phenoxy) is 1. The van der Waals surface area contributed by atoms with Crippen LogP contribution in [0.1, 0.15) is 24.5 Å². The van der Waals surface area contributed by atoms with Crippen LogP contribution in [0.3, 0.4) is 0 Å². The van der Waals surface area contributed by atoms with Crippen LogP contribution >= 0.6 is 23.2 Å². The van der Waals surface area contributed by atoms with Crippen molar-refractivity contribution in [2.75, 3.05) is 30.8 Å². The summed E-state index contributed by atoms with van der Waals surface area (Å²) in [5, 5.41) is 3.30. The number of halogens is 2. The van der Waals surface area contributed by atoms with E-state index in [1.54, 1.807) is 25.3 Å². The zero-order valence-electron chi connectivity index (χ0n) is 22.6. The highest BCUT2D eigenvalue weighted by Gasteiger charge is 2.33. The maximum absolute atomic E-state index is 14.0. The molecule has 11 heteroatoms. The molecule has 0 spiro atoms. The molecule has 0 bridgehead atoms. The molecule has 8 nitrogen and oxygen atoms in total. The molecule has 1 N–H and O–H groups in total. The molecule has 0 aromatic heterocycles. The van der Waals surface area contributed by atoms with Crippen molar-refractivity contribution in [3.63, 3.8) is 0 Å². The Labute approximate surface area is 245 Å². The molecule has 3 aromatic rings. The Morgan fingerprint density at radius 3 is 2.27 bits per heavy atom. The molecule has 0 aliphatic carbocycles. The van der Waals surface area contributed by atoms with Crippen LogP contribution in [0, 0.1) is 0 Å². The van der Waals surface area contributed by atoms with Crippen LogP contribution in [-0.4, -0.2) is 57.6 Å². The van der Waals surface area contributed by atoms with E-state index in [9.17, 15) is 18.0 Å². The number of hydrogen-bond acceptors (Lipinski definition) is 5. The van der Waals surface area contributed by atoms with E-state index in [1.807, 2.05) is 43.3 Å². The van der Waals surface area contributed by atoms with Crippen LogP contribution in [-0.2, 0) is 32.6 Å². The highest BCUT2D eigenvalue weighted by Crippen LogP contribution is 2.29. The van der Waals surface area contributed by atoms with Gasteiger partial charge in [0.2, 0.25) is 21.8 Å². The second-order valence-corrected chi connectivity index (χ2v) is 12.0. The van der Waals surface area contributed by atoms with Gasteiger partial charge in [0.05, 0.1) is 29.1 Å². The number of carbonyl (C=O) groups is 2. The van der Waals surface area contributed by atoms with Gasteiger partial charge in [0.15, 0.2) is 0 Å². The summed E-state index contributed by atoms with van der Waals surface area (Å²) in [6.07, 6.45) is 1.95. The Morgan fingerprint density at radius 1 is 0.950 bits per heavy atom. The van der Waals surface area contributed by atoms with Gasteiger partial charge in [-0.25, -0.2) is 8.42 Å². The quantitative estimate of drug-likeness (QED) is 0.298. The van der Waals surface area contributed by atoms with Crippen molar-refractivity contribution in [1.29, 1.82) is 0 Å². The molecule has 40 heavy (non-hydrogen) atoms. The van der Waals surface area contributed by atoms with Crippen molar-refractivity contribution in [2.45, 2.75) is 32.4 Å². The smallest absolute Gasteiger partial charge is 0.244 e. The molecule has 3 aromatic carbocycles. The Hall–Kier alpha value is -3.27. The number of nitrogens with zero attached hydrogens (tertiary/aromatic N) is 2. The Bertz CT molecular complexity index is 1420. The molecule has 0 aliphatic heterocycles. The molecule has 0 saturated heterocycles. The van der Waals surface area contributed by atoms with Crippen molar-refractivity contribution in [3.8, 4) is 5.75 Å². The highest BCUT2D eigenvalue weighted by molar-refractivity contribution is 7.92. The van der Waals surface area contributed by atoms with Gasteiger partial charge in [0.25, 0.3) is 0 Å². The fourth-order valence-corrected chi connectivity index (χ4v) is 5.28. The standard InChI is InChI=1S/C29H33Cl2N3O5S/c1-4-15-32-29(36)27(17-21-9-6-5-7-10-21)33(19-22-11-8-12-24(16-22)39-2)28(35)20-34(40(3,37)38)23-13-14-25(30)26(31)18-23/h5-14,16,18,27H,4,15,17,19-20H2,1-3H3,(H,32,36)/t27-/m0/s1. The van der Waals surface area contributed by atoms with E-state index in [0.717, 1.165) is 21.7 Å². The van der Waals surface area contributed by atoms with Crippen molar-refractivity contribution >= 4 is 50.7 Å². The molecule has 0 fully saturated rings. The zero-order chi connectivity index (χ0) is 29.3. The van der Waals surface area contributed by atoms with E-state index >= 15 is 0 Å². The molecule has 1 atom stereocenters. The molecule has 0 aliphatic rings. The fraction of sp³-hybridized carbons (Fsp3) is 0.310. The summed E-state index contributed by atoms with van der Waals surface area (Å²) in [5.41, 5.74) is 1.75. The van der Waals surface area contributed by atoms with Crippen LogP contribution in [0.15, 0.2) is 72.8 Å². The second-order valence-electron chi connectivity index (χ2n) is 9.24. The summed E-state index contributed by atoms with van der Waals surface area (Å²) < 4.78 is 32.0. The number of hydrogen-bond donors (Lipinski definition) is 1. The van der Waals surface area contributed by atoms with Crippen LogP contribution < -0.4 is 14.4 Å². The number of methoxy groups -OCH3 is 1. The summed E-state index contributed by atoms with van der Waals surface area (Å²) in [6, 6.07) is 19.9. The lowest BCUT2D eigenvalue weighted by Gasteiger charge is -2.33. The van der Waals surface area contributed by atoms with Crippen molar-refractivity contribution in [2.24, 2.45) is 0 Å². The first-order valence-electron chi connectivity index (χ1n) is 12.7. The highest BCUT2D eigenvalue weighted by atomic mass is 35.5. The van der Waals surface area contributed by atoms with Gasteiger partial charge in [-0.1, -0.05) is 72.6 Å². The van der Waals surface area contributed by atoms with Gasteiger partial charge in [-0.15, -0.1) is 0 Å². The number of anilines is 1. The first-order valence-corrected chi connectivity index (χ1v) is 15.3. The lowest BCUT2D eigenvalue weighted by molar-refractivity contribution is -0.140. The SMILES string of the molecule is CCCNC(=O)[C@H](Cc1ccccc1)N(Cc1cccc(OC)c1)C(=O)CN(c1ccc(Cl)c(Cl)c1)S(C)(=O)=O. The number of sulfonamides is 1. The third kappa shape index (κ3) is 8.61. The van der Waals surface area contributed by atoms with Gasteiger partial charge in [0.1, 0.15) is 18.3 Å². The minimum atomic E-state index is -3.92. The number of benzene rings is 3. The van der Waals surface area contributed by atoms with Gasteiger partial charge in [-0.2, -0.15) is 0 Å². The minimum absolute atomic E-state index is 0.0477. The van der Waals surface area contributed by atoms with E-state index in [4.69, 9.17) is 27.9 Å². The monoisotopic (exact) mass is 605 g/mol. The van der Waals surface area contributed by atoms with E-state index in [0.29, 0.717) is 18.7 Å². The van der Waals surface area contributed by atoms with Gasteiger partial charge in [0, 0.05) is 19.5 Å². The number of nitrogens with one attached hydrogen (secondary N) is 1. The predicted molar refractivity (Wildman–Crippen MR) is 159 cm³/mol. The van der Waals surface area contributed by atoms with E-state index in [-0.39, 0.29) is 34.6 Å². The largest absolute Gasteiger partial charge is 0.497 e. The molecule has 214 valence electrons. The molecular formula is C29H33Cl2N3O5S. The van der Waals surface area contributed by atoms with Gasteiger partial charge in [-0.05, 0) is 47.9 Å². The third-order valence-corrected chi connectivity index (χ3v) is 8.06. The summed E-state index contributed by atoms with van der Waals surface area (Å²) >= 11 is 12.2. The lowest BCUT2D eigenvalue weighted by Crippen LogP contribution is -2.53. The van der Waals surface area contributed by atoms with E-state index in [2.05, 4.69) is 5.32 Å². The van der Waals surface area contributed by atoms with E-state index < -0.39 is 28.5 Å². The Balaban J connectivity index is 2.06. The average molecular weight is 607 g/mol. The summed E-state index contributed by atoms with van der Waals surface area (Å²) in [5.74, 6) is -0.303. The molecule has 0 radical (unpaired) electrons. The second kappa shape index (κ2) is 14.4. The summed E-state index contributed by atoms with van der Waals surface area (Å²) in [7, 11) is -2.37. The topological polar surface area (TPSA) is 96.0 Å². The molecular weight excluding hydrogens is 573 g/mol. The average Bonchev–Trinajstić information content (AvgIpc) is 2.93. The van der Waals surface area contributed by atoms with Crippen LogP contribution in [0.2, 0.25) is 10.0 Å². The van der Waals surface area contributed by atoms with Crippen molar-refractivity contribution in [3.05, 3.63) is 94.0 Å². The van der Waals surface area contributed by atoms with Crippen molar-refractivity contribution < 1.29 is 22.7 Å². The van der Waals surface area contributed by atoms with Crippen LogP contribution in [0.5, 0.6) is 5.75 Å². The number of rotatable bonds is 13. The first kappa shape index (κ1) is 31.3. The summed E-state index contributed by atoms with van der Waals surface area (Å²) in [6.45, 7) is 1.87.